The van der Waals surface area contributed by atoms with Crippen LogP contribution in [0.3, 0.4) is 0 Å². The summed E-state index contributed by atoms with van der Waals surface area (Å²) in [6, 6.07) is 0. The van der Waals surface area contributed by atoms with Crippen molar-refractivity contribution >= 4 is 7.32 Å². The fourth-order valence-electron chi connectivity index (χ4n) is 1.24. The normalized spacial score (nSPS) is 12.0. The Morgan fingerprint density at radius 2 is 1.41 bits per heavy atom. The van der Waals surface area contributed by atoms with Gasteiger partial charge in [-0.15, -0.1) is 0 Å². The summed E-state index contributed by atoms with van der Waals surface area (Å²) >= 11 is 0. The van der Waals surface area contributed by atoms with Gasteiger partial charge in [-0.25, -0.2) is 18.5 Å². The summed E-state index contributed by atoms with van der Waals surface area (Å²) in [5.74, 6) is -12.4. The first kappa shape index (κ1) is 18.5. The zero-order valence-corrected chi connectivity index (χ0v) is 11.0. The van der Waals surface area contributed by atoms with Crippen molar-refractivity contribution in [2.75, 3.05) is 0 Å². The summed E-state index contributed by atoms with van der Waals surface area (Å²) < 4.78 is 94.2. The van der Waals surface area contributed by atoms with Crippen molar-refractivity contribution in [1.29, 1.82) is 0 Å². The van der Waals surface area contributed by atoms with Crippen LogP contribution in [0.5, 0.6) is 5.75 Å². The number of halogens is 7. The van der Waals surface area contributed by atoms with Gasteiger partial charge in [-0.2, -0.15) is 22.0 Å². The van der Waals surface area contributed by atoms with Crippen LogP contribution in [0.15, 0.2) is 0 Å². The molecule has 0 aliphatic rings. The van der Waals surface area contributed by atoms with Crippen molar-refractivity contribution in [3.63, 3.8) is 0 Å². The van der Waals surface area contributed by atoms with Crippen molar-refractivity contribution in [2.24, 2.45) is 0 Å². The zero-order chi connectivity index (χ0) is 17.2. The minimum Gasteiger partial charge on any atom is -0.506 e. The topological polar surface area (TPSA) is 47.9 Å². The van der Waals surface area contributed by atoms with Gasteiger partial charge in [-0.3, -0.25) is 0 Å². The second kappa shape index (κ2) is 6.71. The lowest BCUT2D eigenvalue weighted by Crippen LogP contribution is -2.29. The first-order valence-corrected chi connectivity index (χ1v) is 5.56. The van der Waals surface area contributed by atoms with Crippen molar-refractivity contribution in [3.8, 4) is 5.75 Å². The van der Waals surface area contributed by atoms with E-state index in [1.165, 1.54) is 13.8 Å². The highest BCUT2D eigenvalue weighted by atomic mass is 19.4. The molecule has 0 saturated carbocycles. The highest BCUT2D eigenvalue weighted by molar-refractivity contribution is 6.35. The molecule has 0 heterocycles. The number of benzene rings is 1. The molecule has 0 bridgehead atoms. The van der Waals surface area contributed by atoms with Gasteiger partial charge in [-0.1, -0.05) is 0 Å². The van der Waals surface area contributed by atoms with E-state index in [9.17, 15) is 30.7 Å². The van der Waals surface area contributed by atoms with E-state index in [0.717, 1.165) is 0 Å². The molecule has 0 amide bonds. The molecule has 0 fully saturated rings. The average Bonchev–Trinajstić information content (AvgIpc) is 2.37. The highest BCUT2D eigenvalue weighted by Crippen LogP contribution is 2.39. The Labute approximate surface area is 119 Å². The third-order valence-electron chi connectivity index (χ3n) is 2.06. The fourth-order valence-corrected chi connectivity index (χ4v) is 1.24. The number of alkyl halides is 3. The Bertz CT molecular complexity index is 520. The maximum atomic E-state index is 13.4. The van der Waals surface area contributed by atoms with E-state index >= 15 is 0 Å². The Kier molecular flexibility index (Phi) is 5.65. The van der Waals surface area contributed by atoms with Crippen LogP contribution >= 0.6 is 0 Å². The van der Waals surface area contributed by atoms with Crippen LogP contribution in [0.2, 0.25) is 0 Å². The minimum absolute atomic E-state index is 0.631. The lowest BCUT2D eigenvalue weighted by Gasteiger charge is -2.16. The van der Waals surface area contributed by atoms with Crippen LogP contribution < -0.4 is 4.65 Å². The molecule has 124 valence electrons. The fraction of sp³-hybridized carbons (Fsp3) is 0.400. The standard InChI is InChI=1S/C10H8BF7O4/c1-3(2)21-22-11(19)20-9-7(14)5(12)4(10(16,17)18)6(13)8(9)15/h3,19H,1-2H3. The van der Waals surface area contributed by atoms with Crippen LogP contribution in [0, 0.1) is 23.3 Å². The molecule has 0 atom stereocenters. The predicted octanol–water partition coefficient (Wildman–Crippen LogP) is 2.97. The van der Waals surface area contributed by atoms with E-state index in [-0.39, 0.29) is 0 Å². The van der Waals surface area contributed by atoms with Crippen LogP contribution in [-0.2, 0) is 15.9 Å². The largest absolute Gasteiger partial charge is 0.739 e. The van der Waals surface area contributed by atoms with Gasteiger partial charge in [0, 0.05) is 0 Å². The van der Waals surface area contributed by atoms with Gasteiger partial charge in [0.25, 0.3) is 0 Å². The van der Waals surface area contributed by atoms with Gasteiger partial charge in [0.2, 0.25) is 11.6 Å². The summed E-state index contributed by atoms with van der Waals surface area (Å²) in [5.41, 5.74) is -2.76. The highest BCUT2D eigenvalue weighted by Gasteiger charge is 2.43. The van der Waals surface area contributed by atoms with E-state index in [1.807, 2.05) is 0 Å². The van der Waals surface area contributed by atoms with Gasteiger partial charge in [-0.05, 0) is 13.8 Å². The Morgan fingerprint density at radius 3 is 1.77 bits per heavy atom. The van der Waals surface area contributed by atoms with E-state index < -0.39 is 54.2 Å². The van der Waals surface area contributed by atoms with Crippen LogP contribution in [-0.4, -0.2) is 18.4 Å². The average molecular weight is 336 g/mol. The van der Waals surface area contributed by atoms with E-state index in [2.05, 4.69) is 14.3 Å². The molecule has 1 aromatic rings. The second-order valence-electron chi connectivity index (χ2n) is 4.12. The Hall–Kier alpha value is -1.53. The van der Waals surface area contributed by atoms with Crippen molar-refractivity contribution in [2.45, 2.75) is 26.1 Å². The molecule has 0 radical (unpaired) electrons. The molecule has 0 aliphatic heterocycles. The third kappa shape index (κ3) is 4.02. The van der Waals surface area contributed by atoms with Crippen molar-refractivity contribution in [3.05, 3.63) is 28.8 Å². The molecular formula is C10H8BF7O4. The molecule has 12 heteroatoms. The second-order valence-corrected chi connectivity index (χ2v) is 4.12. The lowest BCUT2D eigenvalue weighted by atomic mass is 10.1. The number of hydrogen-bond donors (Lipinski definition) is 1. The number of hydrogen-bond acceptors (Lipinski definition) is 4. The van der Waals surface area contributed by atoms with Gasteiger partial charge < -0.3 is 9.68 Å². The lowest BCUT2D eigenvalue weighted by molar-refractivity contribution is -0.258. The molecule has 1 N–H and O–H groups in total. The molecule has 0 spiro atoms. The Morgan fingerprint density at radius 1 is 0.955 bits per heavy atom. The summed E-state index contributed by atoms with van der Waals surface area (Å²) in [4.78, 5) is 8.33. The smallest absolute Gasteiger partial charge is 0.506 e. The third-order valence-corrected chi connectivity index (χ3v) is 2.06. The summed E-state index contributed by atoms with van der Waals surface area (Å²) in [7, 11) is -2.54. The van der Waals surface area contributed by atoms with Gasteiger partial charge in [0.15, 0.2) is 17.4 Å². The molecule has 1 aromatic carbocycles. The molecule has 0 unspecified atom stereocenters. The summed E-state index contributed by atoms with van der Waals surface area (Å²) in [6.45, 7) is 2.84. The van der Waals surface area contributed by atoms with Gasteiger partial charge >= 0.3 is 13.5 Å². The first-order chi connectivity index (χ1) is 9.96. The summed E-state index contributed by atoms with van der Waals surface area (Å²) in [5, 5.41) is 9.04. The van der Waals surface area contributed by atoms with Crippen LogP contribution in [0.4, 0.5) is 30.7 Å². The van der Waals surface area contributed by atoms with E-state index in [0.29, 0.717) is 0 Å². The molecule has 22 heavy (non-hydrogen) atoms. The minimum atomic E-state index is -5.68. The van der Waals surface area contributed by atoms with Crippen LogP contribution in [0.25, 0.3) is 0 Å². The van der Waals surface area contributed by atoms with E-state index in [4.69, 9.17) is 5.02 Å². The maximum Gasteiger partial charge on any atom is 0.739 e. The molecular weight excluding hydrogens is 328 g/mol. The molecule has 0 aromatic heterocycles. The predicted molar refractivity (Wildman–Crippen MR) is 57.2 cm³/mol. The van der Waals surface area contributed by atoms with Gasteiger partial charge in [0.05, 0.1) is 6.10 Å². The van der Waals surface area contributed by atoms with Crippen molar-refractivity contribution in [1.82, 2.24) is 0 Å². The van der Waals surface area contributed by atoms with Gasteiger partial charge in [0.1, 0.15) is 5.56 Å². The molecule has 1 rings (SSSR count). The van der Waals surface area contributed by atoms with Crippen LogP contribution in [0.1, 0.15) is 19.4 Å². The molecule has 0 aliphatic carbocycles. The maximum absolute atomic E-state index is 13.4. The summed E-state index contributed by atoms with van der Waals surface area (Å²) in [6.07, 6.45) is -6.31. The first-order valence-electron chi connectivity index (χ1n) is 5.56. The zero-order valence-electron chi connectivity index (χ0n) is 11.0. The Balaban J connectivity index is 3.18. The number of rotatable bonds is 5. The monoisotopic (exact) mass is 336 g/mol. The SMILES string of the molecule is CC(C)OOB(O)Oc1c(F)c(F)c(C(F)(F)F)c(F)c1F. The quantitative estimate of drug-likeness (QED) is 0.295. The van der Waals surface area contributed by atoms with Crippen molar-refractivity contribution < 1.29 is 50.1 Å². The molecule has 4 nitrogen and oxygen atoms in total. The van der Waals surface area contributed by atoms with E-state index in [1.54, 1.807) is 0 Å². The molecule has 0 saturated heterocycles.